The van der Waals surface area contributed by atoms with Crippen LogP contribution in [0.5, 0.6) is 0 Å². The summed E-state index contributed by atoms with van der Waals surface area (Å²) in [5, 5.41) is -0.563. The summed E-state index contributed by atoms with van der Waals surface area (Å²) in [4.78, 5) is 0. The Labute approximate surface area is 48.7 Å². The van der Waals surface area contributed by atoms with Gasteiger partial charge >= 0.3 is 0 Å². The summed E-state index contributed by atoms with van der Waals surface area (Å²) < 4.78 is 24.4. The molecular weight excluding hydrogens is 130 g/mol. The second-order valence-electron chi connectivity index (χ2n) is 1.64. The lowest BCUT2D eigenvalue weighted by molar-refractivity contribution is 0.328. The van der Waals surface area contributed by atoms with Crippen LogP contribution in [0.3, 0.4) is 0 Å². The van der Waals surface area contributed by atoms with Gasteiger partial charge in [-0.3, -0.25) is 0 Å². The summed E-state index contributed by atoms with van der Waals surface area (Å²) in [5.41, 5.74) is 0. The summed E-state index contributed by atoms with van der Waals surface area (Å²) in [5.74, 6) is 4.42. The van der Waals surface area contributed by atoms with Crippen LogP contribution in [0, 0.1) is 0 Å². The quantitative estimate of drug-likeness (QED) is 0.529. The first-order valence-corrected chi connectivity index (χ1v) is 3.60. The fraction of sp³-hybridized carbons (Fsp3) is 1.00. The maximum Gasteiger partial charge on any atom is 0.285 e. The van der Waals surface area contributed by atoms with Gasteiger partial charge in [-0.05, 0) is 13.8 Å². The van der Waals surface area contributed by atoms with Gasteiger partial charge in [-0.2, -0.15) is 18.6 Å². The van der Waals surface area contributed by atoms with Crippen LogP contribution in [0.4, 0.5) is 0 Å². The van der Waals surface area contributed by atoms with Gasteiger partial charge in [-0.1, -0.05) is 0 Å². The molecule has 4 nitrogen and oxygen atoms in total. The zero-order chi connectivity index (χ0) is 6.78. The van der Waals surface area contributed by atoms with Gasteiger partial charge in [0, 0.05) is 0 Å². The lowest BCUT2D eigenvalue weighted by Gasteiger charge is -2.00. The molecule has 0 saturated carbocycles. The van der Waals surface area contributed by atoms with Crippen LogP contribution in [0.15, 0.2) is 0 Å². The molecule has 50 valence electrons. The van der Waals surface area contributed by atoms with Crippen molar-refractivity contribution in [3.8, 4) is 0 Å². The van der Waals surface area contributed by atoms with Crippen molar-refractivity contribution in [1.29, 1.82) is 0 Å². The van der Waals surface area contributed by atoms with Gasteiger partial charge in [0.15, 0.2) is 0 Å². The summed E-state index contributed by atoms with van der Waals surface area (Å²) in [6.45, 7) is 2.98. The van der Waals surface area contributed by atoms with Crippen LogP contribution >= 0.6 is 0 Å². The molecule has 0 aliphatic heterocycles. The van der Waals surface area contributed by atoms with Crippen LogP contribution in [0.1, 0.15) is 13.8 Å². The Kier molecular flexibility index (Phi) is 2.39. The first kappa shape index (κ1) is 7.87. The van der Waals surface area contributed by atoms with Gasteiger partial charge in [0.25, 0.3) is 10.1 Å². The maximum absolute atomic E-state index is 10.4. The summed E-state index contributed by atoms with van der Waals surface area (Å²) in [6.07, 6.45) is 0. The van der Waals surface area contributed by atoms with Gasteiger partial charge in [-0.15, -0.1) is 0 Å². The Bertz CT molecular complexity index is 148. The maximum atomic E-state index is 10.4. The highest BCUT2D eigenvalue weighted by atomic mass is 32.2. The van der Waals surface area contributed by atoms with E-state index in [1.807, 2.05) is 0 Å². The van der Waals surface area contributed by atoms with Crippen molar-refractivity contribution < 1.29 is 12.7 Å². The second kappa shape index (κ2) is 2.43. The third-order valence-electron chi connectivity index (χ3n) is 0.711. The molecule has 0 aliphatic carbocycles. The molecule has 0 aromatic rings. The van der Waals surface area contributed by atoms with E-state index < -0.39 is 15.4 Å². The van der Waals surface area contributed by atoms with Crippen molar-refractivity contribution in [1.82, 2.24) is 0 Å². The Morgan fingerprint density at radius 1 is 1.50 bits per heavy atom. The van der Waals surface area contributed by atoms with Crippen LogP contribution in [-0.2, 0) is 14.4 Å². The molecule has 0 unspecified atom stereocenters. The molecule has 0 saturated heterocycles. The average Bonchev–Trinajstić information content (AvgIpc) is 1.67. The normalized spacial score (nSPS) is 12.5. The smallest absolute Gasteiger partial charge is 0.198 e. The zero-order valence-corrected chi connectivity index (χ0v) is 5.60. The predicted molar refractivity (Wildman–Crippen MR) is 29.3 cm³/mol. The highest BCUT2D eigenvalue weighted by Crippen LogP contribution is 1.96. The molecule has 0 aromatic heterocycles. The van der Waals surface area contributed by atoms with Crippen LogP contribution in [-0.4, -0.2) is 13.7 Å². The van der Waals surface area contributed by atoms with Crippen LogP contribution < -0.4 is 5.90 Å². The van der Waals surface area contributed by atoms with Crippen molar-refractivity contribution in [3.05, 3.63) is 0 Å². The Hall–Kier alpha value is -0.130. The number of nitrogens with two attached hydrogens (primary N) is 1. The third-order valence-corrected chi connectivity index (χ3v) is 2.13. The number of hydrogen-bond acceptors (Lipinski definition) is 4. The molecule has 0 bridgehead atoms. The van der Waals surface area contributed by atoms with Crippen molar-refractivity contribution in [2.45, 2.75) is 19.1 Å². The molecule has 0 aliphatic rings. The standard InChI is InChI=1S/C3H9NO3S/c1-3(2)8(5,6)7-4/h3H,4H2,1-2H3. The molecular formula is C3H9NO3S. The number of rotatable bonds is 2. The molecule has 0 heterocycles. The fourth-order valence-electron chi connectivity index (χ4n) is 0.111. The van der Waals surface area contributed by atoms with Gasteiger partial charge in [-0.25, -0.2) is 0 Å². The third kappa shape index (κ3) is 1.77. The van der Waals surface area contributed by atoms with E-state index in [1.54, 1.807) is 0 Å². The first-order chi connectivity index (χ1) is 3.50. The SMILES string of the molecule is CC(C)S(=O)(=O)ON. The zero-order valence-electron chi connectivity index (χ0n) is 4.79. The molecule has 0 rings (SSSR count). The van der Waals surface area contributed by atoms with Gasteiger partial charge in [0.1, 0.15) is 0 Å². The minimum absolute atomic E-state index is 0.563. The Morgan fingerprint density at radius 3 is 1.88 bits per heavy atom. The van der Waals surface area contributed by atoms with Gasteiger partial charge in [0.05, 0.1) is 5.25 Å². The Morgan fingerprint density at radius 2 is 1.88 bits per heavy atom. The van der Waals surface area contributed by atoms with Crippen LogP contribution in [0.25, 0.3) is 0 Å². The van der Waals surface area contributed by atoms with E-state index in [-0.39, 0.29) is 0 Å². The molecule has 0 radical (unpaired) electrons. The molecule has 0 amide bonds. The Balaban J connectivity index is 4.17. The lowest BCUT2D eigenvalue weighted by Crippen LogP contribution is -2.20. The molecule has 0 atom stereocenters. The summed E-state index contributed by atoms with van der Waals surface area (Å²) >= 11 is 0. The van der Waals surface area contributed by atoms with E-state index in [0.29, 0.717) is 0 Å². The van der Waals surface area contributed by atoms with E-state index in [2.05, 4.69) is 10.2 Å². The van der Waals surface area contributed by atoms with E-state index in [4.69, 9.17) is 0 Å². The first-order valence-electron chi connectivity index (χ1n) is 2.13. The lowest BCUT2D eigenvalue weighted by atomic mass is 10.6. The minimum atomic E-state index is -3.46. The summed E-state index contributed by atoms with van der Waals surface area (Å²) in [6, 6.07) is 0. The molecule has 0 aromatic carbocycles. The predicted octanol–water partition coefficient (Wildman–Crippen LogP) is -0.385. The van der Waals surface area contributed by atoms with E-state index in [9.17, 15) is 8.42 Å². The van der Waals surface area contributed by atoms with E-state index in [0.717, 1.165) is 0 Å². The largest absolute Gasteiger partial charge is 0.285 e. The minimum Gasteiger partial charge on any atom is -0.198 e. The van der Waals surface area contributed by atoms with Gasteiger partial charge in [0.2, 0.25) is 0 Å². The van der Waals surface area contributed by atoms with E-state index >= 15 is 0 Å². The molecule has 2 N–H and O–H groups in total. The topological polar surface area (TPSA) is 69.4 Å². The molecule has 8 heavy (non-hydrogen) atoms. The van der Waals surface area contributed by atoms with Crippen molar-refractivity contribution >= 4 is 10.1 Å². The summed E-state index contributed by atoms with van der Waals surface area (Å²) in [7, 11) is -3.46. The average molecular weight is 139 g/mol. The fourth-order valence-corrected chi connectivity index (χ4v) is 0.333. The highest BCUT2D eigenvalue weighted by Gasteiger charge is 2.13. The second-order valence-corrected chi connectivity index (χ2v) is 3.76. The van der Waals surface area contributed by atoms with E-state index in [1.165, 1.54) is 13.8 Å². The molecule has 5 heteroatoms. The van der Waals surface area contributed by atoms with Crippen molar-refractivity contribution in [2.24, 2.45) is 5.90 Å². The van der Waals surface area contributed by atoms with Gasteiger partial charge < -0.3 is 0 Å². The van der Waals surface area contributed by atoms with Crippen molar-refractivity contribution in [3.63, 3.8) is 0 Å². The molecule has 0 spiro atoms. The highest BCUT2D eigenvalue weighted by molar-refractivity contribution is 7.87. The number of hydrogen-bond donors (Lipinski definition) is 1. The monoisotopic (exact) mass is 139 g/mol. The van der Waals surface area contributed by atoms with Crippen LogP contribution in [0.2, 0.25) is 0 Å². The van der Waals surface area contributed by atoms with Crippen molar-refractivity contribution in [2.75, 3.05) is 0 Å². The molecule has 0 fully saturated rings.